The molecule has 4 heteroatoms. The highest BCUT2D eigenvalue weighted by Gasteiger charge is 2.06. The third kappa shape index (κ3) is 4.30. The van der Waals surface area contributed by atoms with Crippen LogP contribution in [0.4, 0.5) is 0 Å². The van der Waals surface area contributed by atoms with Crippen molar-refractivity contribution in [2.24, 2.45) is 5.73 Å². The van der Waals surface area contributed by atoms with Gasteiger partial charge in [-0.15, -0.1) is 0 Å². The molecule has 0 aromatic heterocycles. The second kappa shape index (κ2) is 7.22. The van der Waals surface area contributed by atoms with E-state index in [0.29, 0.717) is 0 Å². The van der Waals surface area contributed by atoms with Crippen LogP contribution in [0.5, 0.6) is 5.75 Å². The third-order valence-corrected chi connectivity index (χ3v) is 3.58. The van der Waals surface area contributed by atoms with E-state index in [1.807, 2.05) is 30.0 Å². The number of thioether (sulfide) groups is 1. The largest absolute Gasteiger partial charge is 0.496 e. The standard InChI is InChI=1S/C13H20N2OS/c1-3-4-7-17-9-11-8-10(13(14)15)5-6-12(11)16-2/h5-6,8H,3-4,7,9H2,1-2H3,(H3,14,15). The molecule has 0 atom stereocenters. The highest BCUT2D eigenvalue weighted by molar-refractivity contribution is 7.98. The number of nitrogens with two attached hydrogens (primary N) is 1. The lowest BCUT2D eigenvalue weighted by Crippen LogP contribution is -2.11. The molecule has 0 amide bonds. The maximum Gasteiger partial charge on any atom is 0.122 e. The summed E-state index contributed by atoms with van der Waals surface area (Å²) in [4.78, 5) is 0. The zero-order valence-electron chi connectivity index (χ0n) is 10.5. The van der Waals surface area contributed by atoms with Gasteiger partial charge < -0.3 is 10.5 Å². The minimum atomic E-state index is 0.104. The molecule has 0 bridgehead atoms. The molecule has 0 spiro atoms. The predicted molar refractivity (Wildman–Crippen MR) is 75.1 cm³/mol. The lowest BCUT2D eigenvalue weighted by Gasteiger charge is -2.10. The molecule has 3 nitrogen and oxygen atoms in total. The fourth-order valence-electron chi connectivity index (χ4n) is 1.49. The van der Waals surface area contributed by atoms with Gasteiger partial charge in [-0.1, -0.05) is 13.3 Å². The summed E-state index contributed by atoms with van der Waals surface area (Å²) in [7, 11) is 1.67. The molecular weight excluding hydrogens is 232 g/mol. The molecule has 0 aliphatic rings. The summed E-state index contributed by atoms with van der Waals surface area (Å²) in [6.07, 6.45) is 2.46. The van der Waals surface area contributed by atoms with Crippen molar-refractivity contribution in [1.29, 1.82) is 5.41 Å². The first-order valence-corrected chi connectivity index (χ1v) is 6.93. The van der Waals surface area contributed by atoms with Crippen LogP contribution in [0.1, 0.15) is 30.9 Å². The number of nitrogen functional groups attached to an aromatic ring is 1. The molecule has 0 saturated carbocycles. The van der Waals surface area contributed by atoms with E-state index in [9.17, 15) is 0 Å². The van der Waals surface area contributed by atoms with Crippen molar-refractivity contribution in [3.8, 4) is 5.75 Å². The van der Waals surface area contributed by atoms with Crippen LogP contribution in [-0.2, 0) is 5.75 Å². The Hall–Kier alpha value is -1.16. The Labute approximate surface area is 107 Å². The van der Waals surface area contributed by atoms with Crippen molar-refractivity contribution < 1.29 is 4.74 Å². The van der Waals surface area contributed by atoms with E-state index in [1.165, 1.54) is 12.8 Å². The van der Waals surface area contributed by atoms with Crippen molar-refractivity contribution in [3.05, 3.63) is 29.3 Å². The number of rotatable bonds is 7. The summed E-state index contributed by atoms with van der Waals surface area (Å²) in [5.41, 5.74) is 7.36. The van der Waals surface area contributed by atoms with E-state index < -0.39 is 0 Å². The van der Waals surface area contributed by atoms with Gasteiger partial charge in [0.05, 0.1) is 7.11 Å². The molecule has 3 N–H and O–H groups in total. The SMILES string of the molecule is CCCCSCc1cc(C(=N)N)ccc1OC. The van der Waals surface area contributed by atoms with Crippen molar-refractivity contribution >= 4 is 17.6 Å². The van der Waals surface area contributed by atoms with Gasteiger partial charge in [-0.2, -0.15) is 11.8 Å². The zero-order chi connectivity index (χ0) is 12.7. The second-order valence-corrected chi connectivity index (χ2v) is 4.95. The Kier molecular flexibility index (Phi) is 5.91. The van der Waals surface area contributed by atoms with Crippen molar-refractivity contribution in [2.75, 3.05) is 12.9 Å². The fourth-order valence-corrected chi connectivity index (χ4v) is 2.57. The lowest BCUT2D eigenvalue weighted by molar-refractivity contribution is 0.411. The fraction of sp³-hybridized carbons (Fsp3) is 0.462. The van der Waals surface area contributed by atoms with Crippen LogP contribution < -0.4 is 10.5 Å². The number of ether oxygens (including phenoxy) is 1. The van der Waals surface area contributed by atoms with Crippen LogP contribution in [0.15, 0.2) is 18.2 Å². The summed E-state index contributed by atoms with van der Waals surface area (Å²) in [6.45, 7) is 2.19. The molecular formula is C13H20N2OS. The molecule has 1 rings (SSSR count). The van der Waals surface area contributed by atoms with Crippen LogP contribution in [0, 0.1) is 5.41 Å². The summed E-state index contributed by atoms with van der Waals surface area (Å²) in [5.74, 6) is 3.04. The van der Waals surface area contributed by atoms with E-state index >= 15 is 0 Å². The van der Waals surface area contributed by atoms with E-state index in [4.69, 9.17) is 15.9 Å². The van der Waals surface area contributed by atoms with E-state index in [2.05, 4.69) is 6.92 Å². The number of amidine groups is 1. The van der Waals surface area contributed by atoms with Gasteiger partial charge in [0.15, 0.2) is 0 Å². The first-order valence-electron chi connectivity index (χ1n) is 5.78. The van der Waals surface area contributed by atoms with E-state index in [0.717, 1.165) is 28.4 Å². The van der Waals surface area contributed by atoms with Crippen molar-refractivity contribution in [1.82, 2.24) is 0 Å². The molecule has 94 valence electrons. The molecule has 1 aromatic rings. The number of hydrogen-bond donors (Lipinski definition) is 2. The summed E-state index contributed by atoms with van der Waals surface area (Å²) in [5, 5.41) is 7.43. The lowest BCUT2D eigenvalue weighted by atomic mass is 10.1. The minimum absolute atomic E-state index is 0.104. The third-order valence-electron chi connectivity index (χ3n) is 2.49. The molecule has 0 radical (unpaired) electrons. The zero-order valence-corrected chi connectivity index (χ0v) is 11.3. The summed E-state index contributed by atoms with van der Waals surface area (Å²) in [6, 6.07) is 5.65. The van der Waals surface area contributed by atoms with Gasteiger partial charge in [0.1, 0.15) is 11.6 Å². The highest BCUT2D eigenvalue weighted by atomic mass is 32.2. The van der Waals surface area contributed by atoms with Gasteiger partial charge in [-0.05, 0) is 30.4 Å². The summed E-state index contributed by atoms with van der Waals surface area (Å²) >= 11 is 1.89. The van der Waals surface area contributed by atoms with Gasteiger partial charge in [-0.25, -0.2) is 0 Å². The smallest absolute Gasteiger partial charge is 0.122 e. The Morgan fingerprint density at radius 3 is 2.82 bits per heavy atom. The first kappa shape index (κ1) is 13.9. The Balaban J connectivity index is 2.72. The monoisotopic (exact) mass is 252 g/mol. The molecule has 0 aliphatic heterocycles. The van der Waals surface area contributed by atoms with Crippen molar-refractivity contribution in [3.63, 3.8) is 0 Å². The number of methoxy groups -OCH3 is 1. The van der Waals surface area contributed by atoms with Crippen LogP contribution in [0.2, 0.25) is 0 Å². The molecule has 0 unspecified atom stereocenters. The Bertz CT molecular complexity index is 380. The molecule has 1 aromatic carbocycles. The van der Waals surface area contributed by atoms with Gasteiger partial charge in [0, 0.05) is 16.9 Å². The molecule has 17 heavy (non-hydrogen) atoms. The van der Waals surface area contributed by atoms with Gasteiger partial charge in [0.2, 0.25) is 0 Å². The quantitative estimate of drug-likeness (QED) is 0.445. The van der Waals surface area contributed by atoms with Crippen LogP contribution >= 0.6 is 11.8 Å². The number of benzene rings is 1. The van der Waals surface area contributed by atoms with E-state index in [-0.39, 0.29) is 5.84 Å². The minimum Gasteiger partial charge on any atom is -0.496 e. The van der Waals surface area contributed by atoms with Gasteiger partial charge in [-0.3, -0.25) is 5.41 Å². The Morgan fingerprint density at radius 2 is 2.24 bits per heavy atom. The second-order valence-electron chi connectivity index (χ2n) is 3.85. The topological polar surface area (TPSA) is 59.1 Å². The van der Waals surface area contributed by atoms with Crippen LogP contribution in [0.3, 0.4) is 0 Å². The van der Waals surface area contributed by atoms with Crippen LogP contribution in [0.25, 0.3) is 0 Å². The van der Waals surface area contributed by atoms with Crippen molar-refractivity contribution in [2.45, 2.75) is 25.5 Å². The van der Waals surface area contributed by atoms with Crippen LogP contribution in [-0.4, -0.2) is 18.7 Å². The van der Waals surface area contributed by atoms with E-state index in [1.54, 1.807) is 7.11 Å². The predicted octanol–water partition coefficient (Wildman–Crippen LogP) is 3.01. The first-order chi connectivity index (χ1) is 8.19. The molecule has 0 aliphatic carbocycles. The molecule has 0 saturated heterocycles. The van der Waals surface area contributed by atoms with Gasteiger partial charge in [0.25, 0.3) is 0 Å². The molecule has 0 fully saturated rings. The van der Waals surface area contributed by atoms with Gasteiger partial charge >= 0.3 is 0 Å². The summed E-state index contributed by atoms with van der Waals surface area (Å²) < 4.78 is 5.31. The Morgan fingerprint density at radius 1 is 1.47 bits per heavy atom. The highest BCUT2D eigenvalue weighted by Crippen LogP contribution is 2.24. The number of nitrogens with one attached hydrogen (secondary N) is 1. The average Bonchev–Trinajstić information content (AvgIpc) is 2.34. The normalized spacial score (nSPS) is 10.2. The number of unbranched alkanes of at least 4 members (excludes halogenated alkanes) is 1. The number of hydrogen-bond acceptors (Lipinski definition) is 3. The average molecular weight is 252 g/mol. The molecule has 0 heterocycles. The maximum absolute atomic E-state index is 7.43. The maximum atomic E-state index is 7.43.